The quantitative estimate of drug-likeness (QED) is 0.763. The normalized spacial score (nSPS) is 11.4. The minimum absolute atomic E-state index is 0.123. The maximum absolute atomic E-state index is 12.6. The predicted molar refractivity (Wildman–Crippen MR) is 103 cm³/mol. The molecule has 2 aromatic carbocycles. The number of anilines is 1. The fraction of sp³-hybridized carbons (Fsp3) is 0.235. The molecule has 0 aliphatic rings. The highest BCUT2D eigenvalue weighted by Gasteiger charge is 2.18. The third kappa shape index (κ3) is 4.69. The van der Waals surface area contributed by atoms with Crippen LogP contribution in [0.4, 0.5) is 5.69 Å². The smallest absolute Gasteiger partial charge is 0.261 e. The molecule has 2 N–H and O–H groups in total. The topological polar surface area (TPSA) is 58.2 Å². The van der Waals surface area contributed by atoms with Crippen molar-refractivity contribution in [2.45, 2.75) is 31.7 Å². The Morgan fingerprint density at radius 2 is 1.75 bits per heavy atom. The Morgan fingerprint density at radius 1 is 1.12 bits per heavy atom. The standard InChI is InChI=1S/C17H19ClN2O2S2/c1-11(2)19-17(23)15-10-13(18)6-9-16(15)20-24(21,22)14-7-4-12(3)5-8-14/h4-11,20H,1-3H3,(H,19,23). The van der Waals surface area contributed by atoms with Crippen LogP contribution in [0.1, 0.15) is 25.0 Å². The van der Waals surface area contributed by atoms with Gasteiger partial charge in [-0.15, -0.1) is 0 Å². The van der Waals surface area contributed by atoms with Crippen molar-refractivity contribution >= 4 is 44.5 Å². The third-order valence-electron chi connectivity index (χ3n) is 3.22. The summed E-state index contributed by atoms with van der Waals surface area (Å²) >= 11 is 11.4. The lowest BCUT2D eigenvalue weighted by Gasteiger charge is -2.16. The largest absolute Gasteiger partial charge is 0.374 e. The van der Waals surface area contributed by atoms with Gasteiger partial charge in [-0.25, -0.2) is 8.42 Å². The number of nitrogens with one attached hydrogen (secondary N) is 2. The molecule has 0 fully saturated rings. The molecule has 24 heavy (non-hydrogen) atoms. The summed E-state index contributed by atoms with van der Waals surface area (Å²) in [5, 5.41) is 3.58. The second-order valence-corrected chi connectivity index (χ2v) is 8.26. The van der Waals surface area contributed by atoms with Gasteiger partial charge in [0.15, 0.2) is 0 Å². The molecule has 2 rings (SSSR count). The van der Waals surface area contributed by atoms with Gasteiger partial charge in [-0.05, 0) is 51.1 Å². The molecular formula is C17H19ClN2O2S2. The van der Waals surface area contributed by atoms with E-state index in [1.54, 1.807) is 42.5 Å². The predicted octanol–water partition coefficient (Wildman–Crippen LogP) is 4.12. The number of halogens is 1. The third-order valence-corrected chi connectivity index (χ3v) is 5.18. The molecule has 0 aliphatic heterocycles. The first-order valence-corrected chi connectivity index (χ1v) is 9.66. The molecule has 7 heteroatoms. The molecule has 0 bridgehead atoms. The van der Waals surface area contributed by atoms with E-state index in [2.05, 4.69) is 10.0 Å². The molecule has 0 spiro atoms. The average molecular weight is 383 g/mol. The van der Waals surface area contributed by atoms with Gasteiger partial charge in [0.1, 0.15) is 4.99 Å². The molecular weight excluding hydrogens is 364 g/mol. The van der Waals surface area contributed by atoms with Crippen molar-refractivity contribution < 1.29 is 8.42 Å². The van der Waals surface area contributed by atoms with Crippen LogP contribution < -0.4 is 10.0 Å². The molecule has 0 aliphatic carbocycles. The zero-order valence-corrected chi connectivity index (χ0v) is 16.0. The number of aryl methyl sites for hydroxylation is 1. The first-order valence-electron chi connectivity index (χ1n) is 7.39. The molecule has 0 atom stereocenters. The van der Waals surface area contributed by atoms with Gasteiger partial charge in [0.05, 0.1) is 10.6 Å². The Balaban J connectivity index is 2.38. The number of hydrogen-bond acceptors (Lipinski definition) is 3. The minimum atomic E-state index is -3.71. The van der Waals surface area contributed by atoms with E-state index < -0.39 is 10.0 Å². The lowest BCUT2D eigenvalue weighted by atomic mass is 10.1. The van der Waals surface area contributed by atoms with Gasteiger partial charge in [-0.2, -0.15) is 0 Å². The fourth-order valence-corrected chi connectivity index (χ4v) is 3.71. The number of hydrogen-bond donors (Lipinski definition) is 2. The maximum Gasteiger partial charge on any atom is 0.261 e. The van der Waals surface area contributed by atoms with Crippen LogP contribution in [0, 0.1) is 6.92 Å². The van der Waals surface area contributed by atoms with Crippen molar-refractivity contribution in [3.05, 3.63) is 58.6 Å². The van der Waals surface area contributed by atoms with Crippen molar-refractivity contribution in [1.82, 2.24) is 5.32 Å². The molecule has 4 nitrogen and oxygen atoms in total. The lowest BCUT2D eigenvalue weighted by Crippen LogP contribution is -2.30. The van der Waals surface area contributed by atoms with Crippen molar-refractivity contribution in [3.8, 4) is 0 Å². The molecule has 0 heterocycles. The molecule has 2 aromatic rings. The van der Waals surface area contributed by atoms with Crippen LogP contribution in [0.25, 0.3) is 0 Å². The van der Waals surface area contributed by atoms with E-state index in [9.17, 15) is 8.42 Å². The van der Waals surface area contributed by atoms with Gasteiger partial charge in [0, 0.05) is 16.6 Å². The Labute approximate surface area is 153 Å². The Kier molecular flexibility index (Phi) is 5.85. The van der Waals surface area contributed by atoms with E-state index in [-0.39, 0.29) is 10.9 Å². The van der Waals surface area contributed by atoms with Crippen molar-refractivity contribution in [2.75, 3.05) is 4.72 Å². The Hall–Kier alpha value is -1.63. The van der Waals surface area contributed by atoms with Gasteiger partial charge in [0.25, 0.3) is 10.0 Å². The monoisotopic (exact) mass is 382 g/mol. The van der Waals surface area contributed by atoms with Crippen LogP contribution in [0.5, 0.6) is 0 Å². The number of sulfonamides is 1. The highest BCUT2D eigenvalue weighted by Crippen LogP contribution is 2.24. The second-order valence-electron chi connectivity index (χ2n) is 5.74. The minimum Gasteiger partial charge on any atom is -0.374 e. The summed E-state index contributed by atoms with van der Waals surface area (Å²) in [6.07, 6.45) is 0. The van der Waals surface area contributed by atoms with Crippen LogP contribution in [0.2, 0.25) is 5.02 Å². The number of rotatable bonds is 5. The maximum atomic E-state index is 12.6. The lowest BCUT2D eigenvalue weighted by molar-refractivity contribution is 0.601. The van der Waals surface area contributed by atoms with E-state index in [1.165, 1.54) is 0 Å². The first-order chi connectivity index (χ1) is 11.2. The zero-order chi connectivity index (χ0) is 17.9. The fourth-order valence-electron chi connectivity index (χ4n) is 2.05. The Bertz CT molecular complexity index is 847. The van der Waals surface area contributed by atoms with Gasteiger partial charge in [-0.1, -0.05) is 41.5 Å². The van der Waals surface area contributed by atoms with E-state index in [1.807, 2.05) is 20.8 Å². The van der Waals surface area contributed by atoms with Crippen LogP contribution in [-0.2, 0) is 10.0 Å². The van der Waals surface area contributed by atoms with Crippen molar-refractivity contribution in [1.29, 1.82) is 0 Å². The van der Waals surface area contributed by atoms with Crippen LogP contribution >= 0.6 is 23.8 Å². The van der Waals surface area contributed by atoms with Gasteiger partial charge >= 0.3 is 0 Å². The molecule has 128 valence electrons. The molecule has 0 saturated heterocycles. The summed E-state index contributed by atoms with van der Waals surface area (Å²) in [6, 6.07) is 11.6. The summed E-state index contributed by atoms with van der Waals surface area (Å²) in [6.45, 7) is 5.80. The van der Waals surface area contributed by atoms with E-state index in [0.29, 0.717) is 21.3 Å². The van der Waals surface area contributed by atoms with E-state index in [4.69, 9.17) is 23.8 Å². The van der Waals surface area contributed by atoms with Gasteiger partial charge in [-0.3, -0.25) is 4.72 Å². The highest BCUT2D eigenvalue weighted by atomic mass is 35.5. The molecule has 0 aromatic heterocycles. The zero-order valence-electron chi connectivity index (χ0n) is 13.6. The van der Waals surface area contributed by atoms with Gasteiger partial charge in [0.2, 0.25) is 0 Å². The first kappa shape index (κ1) is 18.7. The number of thiocarbonyl (C=S) groups is 1. The van der Waals surface area contributed by atoms with Crippen LogP contribution in [0.3, 0.4) is 0 Å². The summed E-state index contributed by atoms with van der Waals surface area (Å²) in [5.41, 5.74) is 1.92. The van der Waals surface area contributed by atoms with E-state index in [0.717, 1.165) is 5.56 Å². The average Bonchev–Trinajstić information content (AvgIpc) is 2.48. The highest BCUT2D eigenvalue weighted by molar-refractivity contribution is 7.92. The number of benzene rings is 2. The molecule has 0 radical (unpaired) electrons. The summed E-state index contributed by atoms with van der Waals surface area (Å²) in [5.74, 6) is 0. The SMILES string of the molecule is Cc1ccc(S(=O)(=O)Nc2ccc(Cl)cc2C(=S)NC(C)C)cc1. The van der Waals surface area contributed by atoms with Crippen molar-refractivity contribution in [3.63, 3.8) is 0 Å². The summed E-state index contributed by atoms with van der Waals surface area (Å²) in [7, 11) is -3.71. The van der Waals surface area contributed by atoms with Crippen LogP contribution in [-0.4, -0.2) is 19.4 Å². The van der Waals surface area contributed by atoms with Crippen molar-refractivity contribution in [2.24, 2.45) is 0 Å². The Morgan fingerprint density at radius 3 is 2.33 bits per heavy atom. The van der Waals surface area contributed by atoms with E-state index >= 15 is 0 Å². The molecule has 0 unspecified atom stereocenters. The molecule has 0 saturated carbocycles. The summed E-state index contributed by atoms with van der Waals surface area (Å²) < 4.78 is 27.8. The summed E-state index contributed by atoms with van der Waals surface area (Å²) in [4.78, 5) is 0.630. The molecule has 0 amide bonds. The second kappa shape index (κ2) is 7.51. The van der Waals surface area contributed by atoms with Crippen LogP contribution in [0.15, 0.2) is 47.4 Å². The van der Waals surface area contributed by atoms with Gasteiger partial charge < -0.3 is 5.32 Å².